The molecule has 1 atom stereocenters. The molecular weight excluding hydrogens is 362 g/mol. The molecule has 1 fully saturated rings. The van der Waals surface area contributed by atoms with Gasteiger partial charge in [-0.3, -0.25) is 14.5 Å². The number of nitrogens with zero attached hydrogens (tertiary/aromatic N) is 4. The van der Waals surface area contributed by atoms with Crippen molar-refractivity contribution in [3.05, 3.63) is 41.5 Å². The molecular formula is C19H21N5O2S. The molecule has 1 aliphatic heterocycles. The first-order valence-electron chi connectivity index (χ1n) is 9.10. The van der Waals surface area contributed by atoms with E-state index < -0.39 is 0 Å². The molecule has 3 heterocycles. The second kappa shape index (κ2) is 7.48. The molecule has 0 bridgehead atoms. The number of aryl methyl sites for hydroxylation is 1. The lowest BCUT2D eigenvalue weighted by atomic mass is 10.1. The van der Waals surface area contributed by atoms with Crippen molar-refractivity contribution in [1.82, 2.24) is 20.1 Å². The third-order valence-electron chi connectivity index (χ3n) is 4.82. The second-order valence-electron chi connectivity index (χ2n) is 6.60. The van der Waals surface area contributed by atoms with Gasteiger partial charge in [-0.1, -0.05) is 36.5 Å². The van der Waals surface area contributed by atoms with E-state index in [2.05, 4.69) is 38.3 Å². The van der Waals surface area contributed by atoms with Crippen LogP contribution in [0.2, 0.25) is 0 Å². The van der Waals surface area contributed by atoms with Crippen molar-refractivity contribution in [2.45, 2.75) is 26.3 Å². The molecule has 8 heteroatoms. The van der Waals surface area contributed by atoms with E-state index in [0.29, 0.717) is 24.8 Å². The summed E-state index contributed by atoms with van der Waals surface area (Å²) in [6.07, 6.45) is 3.04. The van der Waals surface area contributed by atoms with E-state index in [-0.39, 0.29) is 24.2 Å². The van der Waals surface area contributed by atoms with Gasteiger partial charge in [0, 0.05) is 37.8 Å². The normalized spacial score (nSPS) is 17.0. The Morgan fingerprint density at radius 1 is 1.30 bits per heavy atom. The van der Waals surface area contributed by atoms with Gasteiger partial charge in [0.05, 0.1) is 5.92 Å². The van der Waals surface area contributed by atoms with E-state index in [4.69, 9.17) is 0 Å². The lowest BCUT2D eigenvalue weighted by Gasteiger charge is -2.13. The van der Waals surface area contributed by atoms with Crippen molar-refractivity contribution in [2.75, 3.05) is 18.0 Å². The van der Waals surface area contributed by atoms with Gasteiger partial charge in [0.2, 0.25) is 16.9 Å². The highest BCUT2D eigenvalue weighted by molar-refractivity contribution is 7.15. The standard InChI is InChI=1S/C19H21N5O2S/c1-2-16-21-22-19(27-16)24-12-14(11-17(24)25)18(26)20-8-10-23-9-7-13-5-3-4-6-15(13)23/h3-7,9,14H,2,8,10-12H2,1H3,(H,20,26). The molecule has 0 aliphatic carbocycles. The lowest BCUT2D eigenvalue weighted by molar-refractivity contribution is -0.126. The van der Waals surface area contributed by atoms with Gasteiger partial charge in [-0.15, -0.1) is 10.2 Å². The molecule has 0 spiro atoms. The zero-order valence-corrected chi connectivity index (χ0v) is 15.9. The number of anilines is 1. The van der Waals surface area contributed by atoms with Crippen molar-refractivity contribution in [1.29, 1.82) is 0 Å². The molecule has 1 aromatic carbocycles. The summed E-state index contributed by atoms with van der Waals surface area (Å²) in [4.78, 5) is 26.3. The molecule has 1 unspecified atom stereocenters. The molecule has 2 amide bonds. The number of carbonyl (C=O) groups is 2. The fraction of sp³-hybridized carbons (Fsp3) is 0.368. The maximum atomic E-state index is 12.5. The van der Waals surface area contributed by atoms with Gasteiger partial charge in [-0.25, -0.2) is 0 Å². The van der Waals surface area contributed by atoms with Gasteiger partial charge >= 0.3 is 0 Å². The third kappa shape index (κ3) is 3.57. The molecule has 0 radical (unpaired) electrons. The highest BCUT2D eigenvalue weighted by atomic mass is 32.1. The van der Waals surface area contributed by atoms with Gasteiger partial charge in [-0.2, -0.15) is 0 Å². The van der Waals surface area contributed by atoms with Crippen LogP contribution in [0.15, 0.2) is 36.5 Å². The molecule has 1 saturated heterocycles. The van der Waals surface area contributed by atoms with Crippen LogP contribution in [0.1, 0.15) is 18.4 Å². The van der Waals surface area contributed by atoms with Crippen molar-refractivity contribution >= 4 is 39.2 Å². The zero-order valence-electron chi connectivity index (χ0n) is 15.1. The van der Waals surface area contributed by atoms with Crippen molar-refractivity contribution in [2.24, 2.45) is 5.92 Å². The summed E-state index contributed by atoms with van der Waals surface area (Å²) >= 11 is 1.41. The summed E-state index contributed by atoms with van der Waals surface area (Å²) in [5, 5.41) is 13.8. The topological polar surface area (TPSA) is 80.1 Å². The van der Waals surface area contributed by atoms with Crippen LogP contribution in [-0.2, 0) is 22.6 Å². The largest absolute Gasteiger partial charge is 0.354 e. The van der Waals surface area contributed by atoms with Crippen LogP contribution >= 0.6 is 11.3 Å². The van der Waals surface area contributed by atoms with Gasteiger partial charge in [-0.05, 0) is 23.9 Å². The maximum Gasteiger partial charge on any atom is 0.229 e. The number of benzene rings is 1. The summed E-state index contributed by atoms with van der Waals surface area (Å²) in [6.45, 7) is 3.59. The van der Waals surface area contributed by atoms with E-state index in [1.165, 1.54) is 16.7 Å². The Labute approximate surface area is 161 Å². The van der Waals surface area contributed by atoms with Crippen LogP contribution < -0.4 is 10.2 Å². The molecule has 1 aliphatic rings. The number of amides is 2. The minimum atomic E-state index is -0.340. The number of carbonyl (C=O) groups excluding carboxylic acids is 2. The van der Waals surface area contributed by atoms with Crippen LogP contribution in [0.3, 0.4) is 0 Å². The van der Waals surface area contributed by atoms with E-state index in [1.807, 2.05) is 25.3 Å². The average molecular weight is 383 g/mol. The molecule has 3 aromatic rings. The van der Waals surface area contributed by atoms with Crippen molar-refractivity contribution in [3.63, 3.8) is 0 Å². The predicted molar refractivity (Wildman–Crippen MR) is 105 cm³/mol. The SMILES string of the molecule is CCc1nnc(N2CC(C(=O)NCCn3ccc4ccccc43)CC2=O)s1. The molecule has 27 heavy (non-hydrogen) atoms. The third-order valence-corrected chi connectivity index (χ3v) is 5.91. The first kappa shape index (κ1) is 17.7. The Hall–Kier alpha value is -2.74. The number of rotatable bonds is 6. The summed E-state index contributed by atoms with van der Waals surface area (Å²) in [6, 6.07) is 10.2. The Kier molecular flexibility index (Phi) is 4.89. The van der Waals surface area contributed by atoms with Crippen molar-refractivity contribution < 1.29 is 9.59 Å². The fourth-order valence-corrected chi connectivity index (χ4v) is 4.15. The van der Waals surface area contributed by atoms with Crippen LogP contribution in [0.4, 0.5) is 5.13 Å². The van der Waals surface area contributed by atoms with Crippen LogP contribution in [0, 0.1) is 5.92 Å². The van der Waals surface area contributed by atoms with E-state index >= 15 is 0 Å². The summed E-state index contributed by atoms with van der Waals surface area (Å²) in [7, 11) is 0. The molecule has 0 saturated carbocycles. The second-order valence-corrected chi connectivity index (χ2v) is 7.64. The Bertz CT molecular complexity index is 979. The van der Waals surface area contributed by atoms with Gasteiger partial charge in [0.25, 0.3) is 0 Å². The van der Waals surface area contributed by atoms with Crippen LogP contribution in [-0.4, -0.2) is 39.7 Å². The Morgan fingerprint density at radius 3 is 2.96 bits per heavy atom. The maximum absolute atomic E-state index is 12.5. The minimum Gasteiger partial charge on any atom is -0.354 e. The summed E-state index contributed by atoms with van der Waals surface area (Å²) in [5.74, 6) is -0.485. The predicted octanol–water partition coefficient (Wildman–Crippen LogP) is 2.22. The van der Waals surface area contributed by atoms with Gasteiger partial charge in [0.1, 0.15) is 5.01 Å². The monoisotopic (exact) mass is 383 g/mol. The van der Waals surface area contributed by atoms with E-state index in [9.17, 15) is 9.59 Å². The van der Waals surface area contributed by atoms with Crippen molar-refractivity contribution in [3.8, 4) is 0 Å². The van der Waals surface area contributed by atoms with Gasteiger partial charge < -0.3 is 9.88 Å². The number of nitrogens with one attached hydrogen (secondary N) is 1. The highest BCUT2D eigenvalue weighted by Crippen LogP contribution is 2.28. The van der Waals surface area contributed by atoms with E-state index in [0.717, 1.165) is 16.9 Å². The van der Waals surface area contributed by atoms with Gasteiger partial charge in [0.15, 0.2) is 0 Å². The molecule has 7 nitrogen and oxygen atoms in total. The first-order chi connectivity index (χ1) is 13.2. The molecule has 1 N–H and O–H groups in total. The van der Waals surface area contributed by atoms with Crippen LogP contribution in [0.25, 0.3) is 10.9 Å². The highest BCUT2D eigenvalue weighted by Gasteiger charge is 2.36. The Balaban J connectivity index is 1.33. The zero-order chi connectivity index (χ0) is 18.8. The summed E-state index contributed by atoms with van der Waals surface area (Å²) in [5.41, 5.74) is 1.15. The smallest absolute Gasteiger partial charge is 0.229 e. The van der Waals surface area contributed by atoms with E-state index in [1.54, 1.807) is 4.90 Å². The Morgan fingerprint density at radius 2 is 2.15 bits per heavy atom. The lowest BCUT2D eigenvalue weighted by Crippen LogP contribution is -2.34. The number of hydrogen-bond donors (Lipinski definition) is 1. The summed E-state index contributed by atoms with van der Waals surface area (Å²) < 4.78 is 2.12. The number of fused-ring (bicyclic) bond motifs is 1. The molecule has 140 valence electrons. The van der Waals surface area contributed by atoms with Crippen LogP contribution in [0.5, 0.6) is 0 Å². The first-order valence-corrected chi connectivity index (χ1v) is 9.91. The molecule has 4 rings (SSSR count). The number of hydrogen-bond acceptors (Lipinski definition) is 5. The quantitative estimate of drug-likeness (QED) is 0.708. The number of para-hydroxylation sites is 1. The number of aromatic nitrogens is 3. The minimum absolute atomic E-state index is 0.0645. The fourth-order valence-electron chi connectivity index (χ4n) is 3.34. The molecule has 2 aromatic heterocycles. The average Bonchev–Trinajstić information content (AvgIpc) is 3.40.